The maximum Gasteiger partial charge on any atom is 0.241 e. The zero-order valence-corrected chi connectivity index (χ0v) is 19.5. The average molecular weight is 453 g/mol. The third-order valence-electron chi connectivity index (χ3n) is 6.07. The number of rotatable bonds is 6. The quantitative estimate of drug-likeness (QED) is 0.563. The lowest BCUT2D eigenvalue weighted by Crippen LogP contribution is -2.43. The molecule has 4 rings (SSSR count). The predicted molar refractivity (Wildman–Crippen MR) is 125 cm³/mol. The van der Waals surface area contributed by atoms with Crippen molar-refractivity contribution in [2.24, 2.45) is 5.92 Å². The van der Waals surface area contributed by atoms with Crippen molar-refractivity contribution in [1.29, 1.82) is 0 Å². The molecule has 0 spiro atoms. The number of nitrogens with zero attached hydrogens (tertiary/aromatic N) is 3. The first-order valence-electron chi connectivity index (χ1n) is 11.1. The van der Waals surface area contributed by atoms with Gasteiger partial charge in [-0.05, 0) is 63.4 Å². The summed E-state index contributed by atoms with van der Waals surface area (Å²) in [7, 11) is 0. The molecule has 32 heavy (non-hydrogen) atoms. The molecule has 6 nitrogen and oxygen atoms in total. The van der Waals surface area contributed by atoms with E-state index in [0.29, 0.717) is 29.8 Å². The van der Waals surface area contributed by atoms with Crippen LogP contribution >= 0.6 is 11.6 Å². The van der Waals surface area contributed by atoms with E-state index in [1.807, 2.05) is 25.1 Å². The molecular formula is C25H29ClN4O2. The molecule has 2 atom stereocenters. The summed E-state index contributed by atoms with van der Waals surface area (Å²) >= 11 is 6.24. The number of aromatic nitrogens is 2. The number of hydrogen-bond donors (Lipinski definition) is 1. The molecule has 1 aliphatic heterocycles. The van der Waals surface area contributed by atoms with Gasteiger partial charge in [0.2, 0.25) is 17.6 Å². The molecule has 0 radical (unpaired) electrons. The number of aryl methyl sites for hydroxylation is 2. The number of halogens is 1. The van der Waals surface area contributed by atoms with Gasteiger partial charge >= 0.3 is 0 Å². The van der Waals surface area contributed by atoms with Crippen LogP contribution in [-0.2, 0) is 11.3 Å². The maximum absolute atomic E-state index is 13.0. The lowest BCUT2D eigenvalue weighted by atomic mass is 9.95. The topological polar surface area (TPSA) is 71.3 Å². The number of carbonyl (C=O) groups is 1. The van der Waals surface area contributed by atoms with Crippen molar-refractivity contribution >= 4 is 17.5 Å². The SMILES string of the molecule is Cc1ccc(C(C)NC(=O)C2CCCN(Cc3nc(-c4ccccc4Cl)no3)C2)c(C)c1. The van der Waals surface area contributed by atoms with Gasteiger partial charge in [0.25, 0.3) is 0 Å². The Hall–Kier alpha value is -2.70. The average Bonchev–Trinajstić information content (AvgIpc) is 3.22. The molecule has 2 heterocycles. The fraction of sp³-hybridized carbons (Fsp3) is 0.400. The normalized spacial score (nSPS) is 17.8. The minimum atomic E-state index is -0.0529. The van der Waals surface area contributed by atoms with Crippen molar-refractivity contribution in [1.82, 2.24) is 20.4 Å². The molecule has 1 N–H and O–H groups in total. The van der Waals surface area contributed by atoms with Crippen LogP contribution in [0.25, 0.3) is 11.4 Å². The van der Waals surface area contributed by atoms with Gasteiger partial charge < -0.3 is 9.84 Å². The summed E-state index contributed by atoms with van der Waals surface area (Å²) in [5.41, 5.74) is 4.34. The Bertz CT molecular complexity index is 1100. The van der Waals surface area contributed by atoms with Crippen molar-refractivity contribution in [3.8, 4) is 11.4 Å². The lowest BCUT2D eigenvalue weighted by Gasteiger charge is -2.31. The first-order valence-corrected chi connectivity index (χ1v) is 11.5. The zero-order valence-electron chi connectivity index (χ0n) is 18.8. The minimum Gasteiger partial charge on any atom is -0.349 e. The Balaban J connectivity index is 1.36. The van der Waals surface area contributed by atoms with Crippen LogP contribution in [0.3, 0.4) is 0 Å². The molecule has 3 aromatic rings. The van der Waals surface area contributed by atoms with Gasteiger partial charge in [-0.2, -0.15) is 4.98 Å². The first-order chi connectivity index (χ1) is 15.4. The molecule has 0 bridgehead atoms. The molecular weight excluding hydrogens is 424 g/mol. The van der Waals surface area contributed by atoms with Crippen LogP contribution in [0, 0.1) is 19.8 Å². The van der Waals surface area contributed by atoms with Gasteiger partial charge in [0.1, 0.15) is 0 Å². The highest BCUT2D eigenvalue weighted by Gasteiger charge is 2.28. The van der Waals surface area contributed by atoms with Gasteiger partial charge in [-0.1, -0.05) is 52.7 Å². The monoisotopic (exact) mass is 452 g/mol. The molecule has 2 aromatic carbocycles. The predicted octanol–water partition coefficient (Wildman–Crippen LogP) is 5.10. The summed E-state index contributed by atoms with van der Waals surface area (Å²) in [5, 5.41) is 7.88. The summed E-state index contributed by atoms with van der Waals surface area (Å²) < 4.78 is 5.46. The number of benzene rings is 2. The van der Waals surface area contributed by atoms with E-state index in [-0.39, 0.29) is 17.9 Å². The van der Waals surface area contributed by atoms with Gasteiger partial charge in [-0.15, -0.1) is 0 Å². The van der Waals surface area contributed by atoms with Crippen molar-refractivity contribution in [2.45, 2.75) is 46.2 Å². The van der Waals surface area contributed by atoms with Crippen molar-refractivity contribution < 1.29 is 9.32 Å². The summed E-state index contributed by atoms with van der Waals surface area (Å²) in [6.45, 7) is 8.32. The van der Waals surface area contributed by atoms with E-state index in [2.05, 4.69) is 52.4 Å². The van der Waals surface area contributed by atoms with E-state index in [4.69, 9.17) is 16.1 Å². The Morgan fingerprint density at radius 2 is 2.09 bits per heavy atom. The highest BCUT2D eigenvalue weighted by Crippen LogP contribution is 2.26. The molecule has 168 valence electrons. The Kier molecular flexibility index (Phi) is 6.92. The van der Waals surface area contributed by atoms with E-state index in [1.54, 1.807) is 6.07 Å². The second kappa shape index (κ2) is 9.84. The third kappa shape index (κ3) is 5.19. The van der Waals surface area contributed by atoms with E-state index >= 15 is 0 Å². The Morgan fingerprint density at radius 3 is 2.88 bits per heavy atom. The molecule has 1 amide bonds. The number of carbonyl (C=O) groups excluding carboxylic acids is 1. The fourth-order valence-electron chi connectivity index (χ4n) is 4.40. The molecule has 1 fully saturated rings. The summed E-state index contributed by atoms with van der Waals surface area (Å²) in [6, 6.07) is 13.8. The molecule has 1 saturated heterocycles. The Morgan fingerprint density at radius 1 is 1.28 bits per heavy atom. The van der Waals surface area contributed by atoms with E-state index in [1.165, 1.54) is 11.1 Å². The second-order valence-electron chi connectivity index (χ2n) is 8.66. The number of amides is 1. The maximum atomic E-state index is 13.0. The van der Waals surface area contributed by atoms with Crippen molar-refractivity contribution in [3.63, 3.8) is 0 Å². The lowest BCUT2D eigenvalue weighted by molar-refractivity contribution is -0.127. The standard InChI is InChI=1S/C25H29ClN4O2/c1-16-10-11-20(17(2)13-16)18(3)27-25(31)19-7-6-12-30(14-19)15-23-28-24(29-32-23)21-8-4-5-9-22(21)26/h4-5,8-11,13,18-19H,6-7,12,14-15H2,1-3H3,(H,27,31). The largest absolute Gasteiger partial charge is 0.349 e. The minimum absolute atomic E-state index is 0.0207. The number of nitrogens with one attached hydrogen (secondary N) is 1. The zero-order chi connectivity index (χ0) is 22.7. The van der Waals surface area contributed by atoms with Gasteiger partial charge in [-0.3, -0.25) is 9.69 Å². The van der Waals surface area contributed by atoms with Crippen molar-refractivity contribution in [2.75, 3.05) is 13.1 Å². The van der Waals surface area contributed by atoms with Crippen LogP contribution in [0.2, 0.25) is 5.02 Å². The molecule has 1 aromatic heterocycles. The van der Waals surface area contributed by atoms with Crippen molar-refractivity contribution in [3.05, 3.63) is 70.1 Å². The molecule has 7 heteroatoms. The second-order valence-corrected chi connectivity index (χ2v) is 9.06. The fourth-order valence-corrected chi connectivity index (χ4v) is 4.62. The van der Waals surface area contributed by atoms with Crippen LogP contribution in [0.4, 0.5) is 0 Å². The molecule has 1 aliphatic rings. The van der Waals surface area contributed by atoms with Gasteiger partial charge in [0.05, 0.1) is 23.5 Å². The summed E-state index contributed by atoms with van der Waals surface area (Å²) in [6.07, 6.45) is 1.85. The van der Waals surface area contributed by atoms with Gasteiger partial charge in [0.15, 0.2) is 0 Å². The number of hydrogen-bond acceptors (Lipinski definition) is 5. The highest BCUT2D eigenvalue weighted by molar-refractivity contribution is 6.33. The van der Waals surface area contributed by atoms with Crippen LogP contribution in [-0.4, -0.2) is 34.0 Å². The van der Waals surface area contributed by atoms with Gasteiger partial charge in [0, 0.05) is 12.1 Å². The van der Waals surface area contributed by atoms with Crippen LogP contribution in [0.1, 0.15) is 48.4 Å². The summed E-state index contributed by atoms with van der Waals surface area (Å²) in [5.74, 6) is 1.07. The van der Waals surface area contributed by atoms with Crippen LogP contribution in [0.15, 0.2) is 47.0 Å². The first kappa shape index (κ1) is 22.5. The third-order valence-corrected chi connectivity index (χ3v) is 6.40. The molecule has 2 unspecified atom stereocenters. The Labute approximate surface area is 194 Å². The molecule has 0 saturated carbocycles. The van der Waals surface area contributed by atoms with E-state index in [9.17, 15) is 4.79 Å². The number of piperidine rings is 1. The van der Waals surface area contributed by atoms with E-state index < -0.39 is 0 Å². The number of likely N-dealkylation sites (tertiary alicyclic amines) is 1. The summed E-state index contributed by atoms with van der Waals surface area (Å²) in [4.78, 5) is 19.7. The highest BCUT2D eigenvalue weighted by atomic mass is 35.5. The van der Waals surface area contributed by atoms with Crippen LogP contribution < -0.4 is 5.32 Å². The van der Waals surface area contributed by atoms with E-state index in [0.717, 1.165) is 30.5 Å². The molecule has 0 aliphatic carbocycles. The van der Waals surface area contributed by atoms with Crippen LogP contribution in [0.5, 0.6) is 0 Å². The smallest absolute Gasteiger partial charge is 0.241 e. The van der Waals surface area contributed by atoms with Gasteiger partial charge in [-0.25, -0.2) is 0 Å².